The Morgan fingerprint density at radius 3 is 2.93 bits per heavy atom. The summed E-state index contributed by atoms with van der Waals surface area (Å²) in [6.07, 6.45) is 2.72. The molecular weight excluding hydrogens is 380 g/mol. The minimum atomic E-state index is -1.22. The highest BCUT2D eigenvalue weighted by Crippen LogP contribution is 2.46. The summed E-state index contributed by atoms with van der Waals surface area (Å²) in [5, 5.41) is 18.4. The van der Waals surface area contributed by atoms with Crippen molar-refractivity contribution in [3.63, 3.8) is 0 Å². The van der Waals surface area contributed by atoms with E-state index < -0.39 is 33.7 Å². The predicted molar refractivity (Wildman–Crippen MR) is 91.6 cm³/mol. The van der Waals surface area contributed by atoms with E-state index in [-0.39, 0.29) is 23.2 Å². The molecule has 0 saturated carbocycles. The lowest BCUT2D eigenvalue weighted by molar-refractivity contribution is -0.803. The molecular formula is C14H15N6O6S+. The van der Waals surface area contributed by atoms with E-state index >= 15 is 0 Å². The molecule has 2 aliphatic rings. The van der Waals surface area contributed by atoms with Gasteiger partial charge in [-0.25, -0.2) is 9.59 Å². The zero-order valence-corrected chi connectivity index (χ0v) is 14.8. The SMILES string of the molecule is C=C[N+]12C(=O)C(NC(=O)C(=NOC)c3noc(N)n3)[C@@H]1SCC=C2C(=O)O. The Balaban J connectivity index is 1.85. The first-order valence-electron chi connectivity index (χ1n) is 7.50. The number of carbonyl (C=O) groups is 3. The van der Waals surface area contributed by atoms with E-state index in [0.29, 0.717) is 5.75 Å². The standard InChI is InChI=1S/C14H14N6O6S/c1-3-20-6(13(23)24)4-5-27-12(20)8(11(20)22)16-10(21)7(18-25-2)9-17-14(15)26-19-9/h3-4,8,12H,1,5H2,2H3,(H3-,15,16,17,19,21,23,24)/p+1/t8?,12-,20?/m0/s1. The molecule has 1 saturated heterocycles. The number of nitrogens with one attached hydrogen (secondary N) is 1. The summed E-state index contributed by atoms with van der Waals surface area (Å²) in [4.78, 5) is 45.1. The second kappa shape index (κ2) is 6.85. The number of thioether (sulfide) groups is 1. The van der Waals surface area contributed by atoms with E-state index in [1.165, 1.54) is 31.1 Å². The summed E-state index contributed by atoms with van der Waals surface area (Å²) < 4.78 is 4.05. The lowest BCUT2D eigenvalue weighted by Gasteiger charge is -2.51. The van der Waals surface area contributed by atoms with Crippen molar-refractivity contribution < 1.29 is 33.3 Å². The first-order valence-corrected chi connectivity index (χ1v) is 8.55. The molecule has 3 rings (SSSR count). The topological polar surface area (TPSA) is 170 Å². The lowest BCUT2D eigenvalue weighted by Crippen LogP contribution is -2.79. The Morgan fingerprint density at radius 1 is 1.63 bits per heavy atom. The maximum Gasteiger partial charge on any atom is 0.391 e. The van der Waals surface area contributed by atoms with E-state index in [2.05, 4.69) is 36.6 Å². The third kappa shape index (κ3) is 2.76. The number of anilines is 1. The Morgan fingerprint density at radius 2 is 2.37 bits per heavy atom. The van der Waals surface area contributed by atoms with Gasteiger partial charge in [-0.1, -0.05) is 22.1 Å². The fourth-order valence-electron chi connectivity index (χ4n) is 2.96. The molecule has 3 atom stereocenters. The Bertz CT molecular complexity index is 894. The van der Waals surface area contributed by atoms with Crippen LogP contribution in [0.3, 0.4) is 0 Å². The number of hydrogen-bond acceptors (Lipinski definition) is 10. The van der Waals surface area contributed by atoms with Gasteiger partial charge in [0.15, 0.2) is 5.37 Å². The maximum absolute atomic E-state index is 12.7. The first-order chi connectivity index (χ1) is 12.9. The number of carbonyl (C=O) groups excluding carboxylic acids is 2. The minimum absolute atomic E-state index is 0.0963. The maximum atomic E-state index is 12.7. The molecule has 0 aromatic carbocycles. The predicted octanol–water partition coefficient (Wildman–Crippen LogP) is -0.971. The first kappa shape index (κ1) is 18.6. The molecule has 2 aliphatic heterocycles. The number of rotatable bonds is 6. The molecule has 1 aromatic heterocycles. The Kier molecular flexibility index (Phi) is 4.72. The van der Waals surface area contributed by atoms with Crippen LogP contribution in [0.1, 0.15) is 5.82 Å². The number of amides is 2. The summed E-state index contributed by atoms with van der Waals surface area (Å²) in [5.41, 5.74) is 4.90. The zero-order chi connectivity index (χ0) is 19.8. The van der Waals surface area contributed by atoms with Gasteiger partial charge in [0.05, 0.1) is 0 Å². The van der Waals surface area contributed by atoms with Crippen LogP contribution in [0.2, 0.25) is 0 Å². The second-order valence-corrected chi connectivity index (χ2v) is 6.60. The number of quaternary nitrogens is 1. The van der Waals surface area contributed by atoms with E-state index in [9.17, 15) is 19.5 Å². The smallest absolute Gasteiger partial charge is 0.391 e. The van der Waals surface area contributed by atoms with Crippen molar-refractivity contribution in [1.29, 1.82) is 0 Å². The summed E-state index contributed by atoms with van der Waals surface area (Å²) in [5.74, 6) is -2.40. The van der Waals surface area contributed by atoms with Gasteiger partial charge in [0, 0.05) is 5.75 Å². The van der Waals surface area contributed by atoms with Gasteiger partial charge in [-0.2, -0.15) is 9.47 Å². The molecule has 0 spiro atoms. The molecule has 3 heterocycles. The van der Waals surface area contributed by atoms with Gasteiger partial charge < -0.3 is 25.5 Å². The molecule has 1 aromatic rings. The van der Waals surface area contributed by atoms with E-state index in [0.717, 1.165) is 0 Å². The van der Waals surface area contributed by atoms with Crippen molar-refractivity contribution in [1.82, 2.24) is 15.5 Å². The van der Waals surface area contributed by atoms with E-state index in [4.69, 9.17) is 5.73 Å². The monoisotopic (exact) mass is 395 g/mol. The van der Waals surface area contributed by atoms with Crippen molar-refractivity contribution in [3.8, 4) is 0 Å². The lowest BCUT2D eigenvalue weighted by atomic mass is 9.99. The van der Waals surface area contributed by atoms with Crippen LogP contribution in [0.15, 0.2) is 34.2 Å². The average Bonchev–Trinajstić information content (AvgIpc) is 3.08. The largest absolute Gasteiger partial charge is 0.474 e. The number of fused-ring (bicyclic) bond motifs is 1. The normalized spacial score (nSPS) is 27.1. The van der Waals surface area contributed by atoms with Gasteiger partial charge in [0.25, 0.3) is 5.91 Å². The number of nitrogens with two attached hydrogens (primary N) is 1. The number of hydrogen-bond donors (Lipinski definition) is 3. The van der Waals surface area contributed by atoms with Gasteiger partial charge in [-0.3, -0.25) is 4.79 Å². The molecule has 12 nitrogen and oxygen atoms in total. The fourth-order valence-corrected chi connectivity index (χ4v) is 4.33. The van der Waals surface area contributed by atoms with Crippen LogP contribution < -0.4 is 11.1 Å². The number of aromatic nitrogens is 2. The summed E-state index contributed by atoms with van der Waals surface area (Å²) >= 11 is 1.32. The summed E-state index contributed by atoms with van der Waals surface area (Å²) in [7, 11) is 1.21. The molecule has 0 aliphatic carbocycles. The van der Waals surface area contributed by atoms with Gasteiger partial charge in [-0.15, -0.1) is 0 Å². The zero-order valence-electron chi connectivity index (χ0n) is 14.0. The van der Waals surface area contributed by atoms with E-state index in [1.54, 1.807) is 0 Å². The van der Waals surface area contributed by atoms with Gasteiger partial charge in [0.1, 0.15) is 13.3 Å². The van der Waals surface area contributed by atoms with Crippen LogP contribution in [0, 0.1) is 0 Å². The highest BCUT2D eigenvalue weighted by Gasteiger charge is 2.68. The number of aliphatic carboxylic acids is 1. The molecule has 13 heteroatoms. The molecule has 2 unspecified atom stereocenters. The molecule has 1 fully saturated rings. The second-order valence-electron chi connectivity index (χ2n) is 5.45. The van der Waals surface area contributed by atoms with Gasteiger partial charge in [-0.05, 0) is 12.7 Å². The van der Waals surface area contributed by atoms with Crippen molar-refractivity contribution in [2.24, 2.45) is 5.16 Å². The number of carboxylic acids is 1. The molecule has 0 radical (unpaired) electrons. The van der Waals surface area contributed by atoms with Crippen molar-refractivity contribution >= 4 is 41.3 Å². The van der Waals surface area contributed by atoms with Crippen LogP contribution in [-0.4, -0.2) is 67.5 Å². The van der Waals surface area contributed by atoms with Crippen LogP contribution in [0.25, 0.3) is 0 Å². The number of carboxylic acid groups (broad SMARTS) is 1. The van der Waals surface area contributed by atoms with Crippen LogP contribution in [0.5, 0.6) is 0 Å². The number of oxime groups is 1. The molecule has 0 bridgehead atoms. The Labute approximate surface area is 156 Å². The quantitative estimate of drug-likeness (QED) is 0.236. The summed E-state index contributed by atoms with van der Waals surface area (Å²) in [6, 6.07) is -1.24. The fraction of sp³-hybridized carbons (Fsp3) is 0.286. The molecule has 4 N–H and O–H groups in total. The third-order valence-electron chi connectivity index (χ3n) is 4.10. The van der Waals surface area contributed by atoms with Crippen LogP contribution in [0.4, 0.5) is 6.01 Å². The van der Waals surface area contributed by atoms with Gasteiger partial charge >= 0.3 is 17.9 Å². The molecule has 27 heavy (non-hydrogen) atoms. The van der Waals surface area contributed by atoms with E-state index in [1.807, 2.05) is 0 Å². The number of nitrogen functional groups attached to an aromatic ring is 1. The van der Waals surface area contributed by atoms with Crippen LogP contribution >= 0.6 is 11.8 Å². The van der Waals surface area contributed by atoms with Crippen molar-refractivity contribution in [3.05, 3.63) is 30.4 Å². The molecule has 2 amide bonds. The summed E-state index contributed by atoms with van der Waals surface area (Å²) in [6.45, 7) is 3.60. The average molecular weight is 395 g/mol. The highest BCUT2D eigenvalue weighted by molar-refractivity contribution is 8.00. The molecule has 142 valence electrons. The number of β-lactam (4-membered cyclic amide) rings is 1. The highest BCUT2D eigenvalue weighted by atomic mass is 32.2. The minimum Gasteiger partial charge on any atom is -0.474 e. The van der Waals surface area contributed by atoms with Gasteiger partial charge in [0.2, 0.25) is 23.3 Å². The Hall–Kier alpha value is -3.19. The van der Waals surface area contributed by atoms with Crippen LogP contribution in [-0.2, 0) is 19.2 Å². The van der Waals surface area contributed by atoms with Crippen molar-refractivity contribution in [2.45, 2.75) is 11.4 Å². The third-order valence-corrected chi connectivity index (χ3v) is 5.41. The number of nitrogens with zero attached hydrogens (tertiary/aromatic N) is 4. The van der Waals surface area contributed by atoms with Crippen molar-refractivity contribution in [2.75, 3.05) is 18.6 Å².